The average molecular weight is 214 g/mol. The number of rotatable bonds is 4. The lowest BCUT2D eigenvalue weighted by Crippen LogP contribution is -2.60. The summed E-state index contributed by atoms with van der Waals surface area (Å²) in [6.07, 6.45) is 1.41. The summed E-state index contributed by atoms with van der Waals surface area (Å²) in [6, 6.07) is 0.217. The maximum Gasteiger partial charge on any atom is 0.324 e. The van der Waals surface area contributed by atoms with Gasteiger partial charge < -0.3 is 10.0 Å². The molecule has 1 aliphatic rings. The van der Waals surface area contributed by atoms with Gasteiger partial charge in [-0.25, -0.2) is 0 Å². The molecule has 0 radical (unpaired) electrons. The van der Waals surface area contributed by atoms with Crippen LogP contribution in [-0.4, -0.2) is 47.2 Å². The maximum absolute atomic E-state index is 11.3. The molecular formula is C11H22N2O2. The largest absolute Gasteiger partial charge is 0.480 e. The SMILES string of the molecule is CCN1CCC(NC(C)C)(C(=O)O)CC1. The summed E-state index contributed by atoms with van der Waals surface area (Å²) in [6.45, 7) is 8.87. The van der Waals surface area contributed by atoms with Gasteiger partial charge in [-0.2, -0.15) is 0 Å². The number of carboxylic acid groups (broad SMARTS) is 1. The van der Waals surface area contributed by atoms with E-state index in [-0.39, 0.29) is 6.04 Å². The monoisotopic (exact) mass is 214 g/mol. The van der Waals surface area contributed by atoms with E-state index in [0.29, 0.717) is 12.8 Å². The zero-order chi connectivity index (χ0) is 11.5. The second-order valence-corrected chi connectivity index (χ2v) is 4.62. The second-order valence-electron chi connectivity index (χ2n) is 4.62. The predicted octanol–water partition coefficient (Wildman–Crippen LogP) is 0.923. The summed E-state index contributed by atoms with van der Waals surface area (Å²) in [4.78, 5) is 13.6. The number of nitrogens with zero attached hydrogens (tertiary/aromatic N) is 1. The third kappa shape index (κ3) is 2.92. The van der Waals surface area contributed by atoms with Gasteiger partial charge in [0.15, 0.2) is 0 Å². The van der Waals surface area contributed by atoms with Crippen LogP contribution in [0, 0.1) is 0 Å². The zero-order valence-corrected chi connectivity index (χ0v) is 9.92. The Kier molecular flexibility index (Phi) is 4.11. The molecule has 1 fully saturated rings. The van der Waals surface area contributed by atoms with Gasteiger partial charge in [-0.15, -0.1) is 0 Å². The van der Waals surface area contributed by atoms with Gasteiger partial charge in [-0.05, 0) is 33.2 Å². The van der Waals surface area contributed by atoms with E-state index < -0.39 is 11.5 Å². The highest BCUT2D eigenvalue weighted by atomic mass is 16.4. The Hall–Kier alpha value is -0.610. The molecule has 0 unspecified atom stereocenters. The van der Waals surface area contributed by atoms with E-state index in [2.05, 4.69) is 17.1 Å². The van der Waals surface area contributed by atoms with Gasteiger partial charge in [0.05, 0.1) is 0 Å². The summed E-state index contributed by atoms with van der Waals surface area (Å²) in [7, 11) is 0. The number of likely N-dealkylation sites (tertiary alicyclic amines) is 1. The fourth-order valence-corrected chi connectivity index (χ4v) is 2.22. The predicted molar refractivity (Wildman–Crippen MR) is 60.0 cm³/mol. The highest BCUT2D eigenvalue weighted by Crippen LogP contribution is 2.23. The van der Waals surface area contributed by atoms with Gasteiger partial charge in [-0.3, -0.25) is 10.1 Å². The van der Waals surface area contributed by atoms with Gasteiger partial charge in [0.25, 0.3) is 0 Å². The topological polar surface area (TPSA) is 52.6 Å². The molecule has 0 amide bonds. The van der Waals surface area contributed by atoms with E-state index >= 15 is 0 Å². The fraction of sp³-hybridized carbons (Fsp3) is 0.909. The van der Waals surface area contributed by atoms with Crippen molar-refractivity contribution in [3.05, 3.63) is 0 Å². The van der Waals surface area contributed by atoms with Gasteiger partial charge in [0.2, 0.25) is 0 Å². The van der Waals surface area contributed by atoms with Crippen molar-refractivity contribution in [1.29, 1.82) is 0 Å². The Labute approximate surface area is 91.6 Å². The number of nitrogens with one attached hydrogen (secondary N) is 1. The summed E-state index contributed by atoms with van der Waals surface area (Å²) < 4.78 is 0. The van der Waals surface area contributed by atoms with Crippen molar-refractivity contribution in [3.63, 3.8) is 0 Å². The minimum atomic E-state index is -0.702. The molecule has 1 rings (SSSR count). The van der Waals surface area contributed by atoms with Crippen LogP contribution in [0.4, 0.5) is 0 Å². The van der Waals surface area contributed by atoms with E-state index in [0.717, 1.165) is 19.6 Å². The van der Waals surface area contributed by atoms with Crippen molar-refractivity contribution in [3.8, 4) is 0 Å². The number of piperidine rings is 1. The van der Waals surface area contributed by atoms with E-state index in [4.69, 9.17) is 0 Å². The first-order valence-corrected chi connectivity index (χ1v) is 5.73. The molecular weight excluding hydrogens is 192 g/mol. The first kappa shape index (κ1) is 12.5. The molecule has 0 bridgehead atoms. The molecule has 0 aliphatic carbocycles. The van der Waals surface area contributed by atoms with E-state index in [9.17, 15) is 9.90 Å². The van der Waals surface area contributed by atoms with Crippen LogP contribution in [0.1, 0.15) is 33.6 Å². The lowest BCUT2D eigenvalue weighted by atomic mass is 9.87. The average Bonchev–Trinajstić information content (AvgIpc) is 2.17. The van der Waals surface area contributed by atoms with Crippen molar-refractivity contribution in [1.82, 2.24) is 10.2 Å². The Morgan fingerprint density at radius 2 is 2.00 bits per heavy atom. The van der Waals surface area contributed by atoms with E-state index in [1.165, 1.54) is 0 Å². The molecule has 88 valence electrons. The molecule has 1 aliphatic heterocycles. The minimum Gasteiger partial charge on any atom is -0.480 e. The molecule has 1 heterocycles. The molecule has 0 aromatic rings. The fourth-order valence-electron chi connectivity index (χ4n) is 2.22. The van der Waals surface area contributed by atoms with Gasteiger partial charge >= 0.3 is 5.97 Å². The lowest BCUT2D eigenvalue weighted by molar-refractivity contribution is -0.147. The van der Waals surface area contributed by atoms with E-state index in [1.54, 1.807) is 0 Å². The third-order valence-electron chi connectivity index (χ3n) is 3.13. The minimum absolute atomic E-state index is 0.217. The van der Waals surface area contributed by atoms with Crippen molar-refractivity contribution in [2.45, 2.75) is 45.2 Å². The summed E-state index contributed by atoms with van der Waals surface area (Å²) in [5, 5.41) is 12.5. The molecule has 4 nitrogen and oxygen atoms in total. The van der Waals surface area contributed by atoms with Crippen molar-refractivity contribution in [2.24, 2.45) is 0 Å². The number of aliphatic carboxylic acids is 1. The number of carboxylic acids is 1. The Balaban J connectivity index is 2.65. The molecule has 0 aromatic carbocycles. The molecule has 15 heavy (non-hydrogen) atoms. The van der Waals surface area contributed by atoms with Crippen LogP contribution in [-0.2, 0) is 4.79 Å². The third-order valence-corrected chi connectivity index (χ3v) is 3.13. The van der Waals surface area contributed by atoms with Gasteiger partial charge in [0, 0.05) is 19.1 Å². The Bertz CT molecular complexity index is 221. The van der Waals surface area contributed by atoms with Crippen LogP contribution < -0.4 is 5.32 Å². The molecule has 2 N–H and O–H groups in total. The van der Waals surface area contributed by atoms with Crippen LogP contribution in [0.25, 0.3) is 0 Å². The number of hydrogen-bond donors (Lipinski definition) is 2. The van der Waals surface area contributed by atoms with Crippen LogP contribution >= 0.6 is 0 Å². The quantitative estimate of drug-likeness (QED) is 0.731. The van der Waals surface area contributed by atoms with E-state index in [1.807, 2.05) is 13.8 Å². The van der Waals surface area contributed by atoms with Crippen molar-refractivity contribution < 1.29 is 9.90 Å². The maximum atomic E-state index is 11.3. The van der Waals surface area contributed by atoms with Crippen LogP contribution in [0.2, 0.25) is 0 Å². The molecule has 0 atom stereocenters. The van der Waals surface area contributed by atoms with Crippen molar-refractivity contribution in [2.75, 3.05) is 19.6 Å². The molecule has 4 heteroatoms. The van der Waals surface area contributed by atoms with Crippen LogP contribution in [0.15, 0.2) is 0 Å². The molecule has 0 aromatic heterocycles. The van der Waals surface area contributed by atoms with Crippen LogP contribution in [0.3, 0.4) is 0 Å². The van der Waals surface area contributed by atoms with Crippen LogP contribution in [0.5, 0.6) is 0 Å². The normalized spacial score (nSPS) is 21.9. The molecule has 0 spiro atoms. The number of hydrogen-bond acceptors (Lipinski definition) is 3. The summed E-state index contributed by atoms with van der Waals surface area (Å²) in [5.41, 5.74) is -0.695. The smallest absolute Gasteiger partial charge is 0.324 e. The van der Waals surface area contributed by atoms with Gasteiger partial charge in [0.1, 0.15) is 5.54 Å². The van der Waals surface area contributed by atoms with Crippen molar-refractivity contribution >= 4 is 5.97 Å². The molecule has 1 saturated heterocycles. The first-order chi connectivity index (χ1) is 7.00. The summed E-state index contributed by atoms with van der Waals surface area (Å²) >= 11 is 0. The van der Waals surface area contributed by atoms with Gasteiger partial charge in [-0.1, -0.05) is 6.92 Å². The first-order valence-electron chi connectivity index (χ1n) is 5.73. The Morgan fingerprint density at radius 1 is 1.47 bits per heavy atom. The highest BCUT2D eigenvalue weighted by Gasteiger charge is 2.41. The Morgan fingerprint density at radius 3 is 2.33 bits per heavy atom. The molecule has 0 saturated carbocycles. The summed E-state index contributed by atoms with van der Waals surface area (Å²) in [5.74, 6) is -0.702. The number of carbonyl (C=O) groups is 1. The highest BCUT2D eigenvalue weighted by molar-refractivity contribution is 5.79. The second kappa shape index (κ2) is 4.94. The standard InChI is InChI=1S/C11H22N2O2/c1-4-13-7-5-11(6-8-13,10(14)15)12-9(2)3/h9,12H,4-8H2,1-3H3,(H,14,15). The lowest BCUT2D eigenvalue weighted by Gasteiger charge is -2.40. The zero-order valence-electron chi connectivity index (χ0n) is 9.92.